The van der Waals surface area contributed by atoms with E-state index >= 15 is 0 Å². The van der Waals surface area contributed by atoms with Crippen LogP contribution in [0.2, 0.25) is 10.4 Å². The first-order chi connectivity index (χ1) is 9.59. The van der Waals surface area contributed by atoms with Gasteiger partial charge in [-0.1, -0.05) is 0 Å². The Morgan fingerprint density at radius 1 is 1.30 bits per heavy atom. The van der Waals surface area contributed by atoms with E-state index in [2.05, 4.69) is 17.3 Å². The third-order valence-electron chi connectivity index (χ3n) is 4.01. The number of quaternary nitrogens is 1. The number of nitrogens with one attached hydrogen (secondary N) is 1. The molecule has 5 N–H and O–H groups in total. The molecule has 1 saturated heterocycles. The van der Waals surface area contributed by atoms with Crippen molar-refractivity contribution in [1.29, 1.82) is 0 Å². The van der Waals surface area contributed by atoms with Gasteiger partial charge in [0.25, 0.3) is 0 Å². The predicted octanol–water partition coefficient (Wildman–Crippen LogP) is 1.17. The van der Waals surface area contributed by atoms with Gasteiger partial charge in [0.2, 0.25) is 0 Å². The van der Waals surface area contributed by atoms with Crippen LogP contribution in [0.5, 0.6) is 0 Å². The van der Waals surface area contributed by atoms with Crippen molar-refractivity contribution in [2.75, 3.05) is 50.0 Å². The molecule has 1 fully saturated rings. The molecule has 6 heteroatoms. The molecule has 1 aliphatic heterocycles. The standard InChI is InChI=1S/C14H27AsN5/c1-20(7-2-3-8-20)9-5-15-4-6-18-14-13(17)10-12(16)11-19-14/h10-11,15H,2-9,16-17H2,1H3,(H,18,19)/q+1. The number of anilines is 3. The summed E-state index contributed by atoms with van der Waals surface area (Å²) in [6.45, 7) is 5.12. The Kier molecular flexibility index (Phi) is 5.55. The Bertz CT molecular complexity index is 432. The first-order valence-corrected chi connectivity index (χ1v) is 10.3. The van der Waals surface area contributed by atoms with Gasteiger partial charge in [-0.15, -0.1) is 0 Å². The van der Waals surface area contributed by atoms with Gasteiger partial charge in [0.05, 0.1) is 0 Å². The fourth-order valence-corrected chi connectivity index (χ4v) is 5.33. The minimum absolute atomic E-state index is 0.156. The molecule has 1 aromatic heterocycles. The van der Waals surface area contributed by atoms with Crippen LogP contribution in [0, 0.1) is 0 Å². The molecular weight excluding hydrogens is 313 g/mol. The summed E-state index contributed by atoms with van der Waals surface area (Å²) in [6, 6.07) is 1.75. The molecule has 5 nitrogen and oxygen atoms in total. The number of hydrogen-bond donors (Lipinski definition) is 3. The Morgan fingerprint density at radius 3 is 2.75 bits per heavy atom. The molecule has 0 aliphatic carbocycles. The summed E-state index contributed by atoms with van der Waals surface area (Å²) in [5.41, 5.74) is 12.7. The summed E-state index contributed by atoms with van der Waals surface area (Å²) in [7, 11) is 2.41. The van der Waals surface area contributed by atoms with Gasteiger partial charge >= 0.3 is 128 Å². The summed E-state index contributed by atoms with van der Waals surface area (Å²) in [6.07, 6.45) is 4.48. The number of nitrogens with two attached hydrogens (primary N) is 2. The summed E-state index contributed by atoms with van der Waals surface area (Å²) < 4.78 is 1.31. The van der Waals surface area contributed by atoms with Crippen molar-refractivity contribution < 1.29 is 4.48 Å². The molecule has 112 valence electrons. The molecule has 20 heavy (non-hydrogen) atoms. The molecule has 0 saturated carbocycles. The Hall–Kier alpha value is -0.932. The van der Waals surface area contributed by atoms with E-state index in [4.69, 9.17) is 11.5 Å². The number of pyridine rings is 1. The summed E-state index contributed by atoms with van der Waals surface area (Å²) in [4.78, 5) is 4.22. The van der Waals surface area contributed by atoms with E-state index in [0.29, 0.717) is 11.4 Å². The van der Waals surface area contributed by atoms with Crippen molar-refractivity contribution >= 4 is 32.9 Å². The fraction of sp³-hybridized carbons (Fsp3) is 0.643. The van der Waals surface area contributed by atoms with Crippen molar-refractivity contribution in [3.8, 4) is 0 Å². The van der Waals surface area contributed by atoms with E-state index < -0.39 is 0 Å². The number of aromatic nitrogens is 1. The summed E-state index contributed by atoms with van der Waals surface area (Å²) >= 11 is 0.156. The van der Waals surface area contributed by atoms with Crippen LogP contribution in [-0.2, 0) is 0 Å². The van der Waals surface area contributed by atoms with E-state index in [1.165, 1.54) is 47.4 Å². The maximum absolute atomic E-state index is 5.87. The third-order valence-corrected chi connectivity index (χ3v) is 6.48. The summed E-state index contributed by atoms with van der Waals surface area (Å²) in [5, 5.41) is 6.03. The topological polar surface area (TPSA) is 77.0 Å². The third kappa shape index (κ3) is 4.57. The number of nitrogen functional groups attached to an aromatic ring is 2. The normalized spacial score (nSPS) is 17.9. The van der Waals surface area contributed by atoms with Crippen molar-refractivity contribution in [3.05, 3.63) is 12.3 Å². The number of nitrogens with zero attached hydrogens (tertiary/aromatic N) is 2. The SMILES string of the molecule is C[N+]1(CC[AsH]CCNc2ncc(N)cc2N)CCCC1. The van der Waals surface area contributed by atoms with Gasteiger partial charge in [-0.05, 0) is 0 Å². The molecule has 0 bridgehead atoms. The Balaban J connectivity index is 1.59. The molecule has 1 aliphatic rings. The van der Waals surface area contributed by atoms with E-state index in [9.17, 15) is 0 Å². The molecule has 0 radical (unpaired) electrons. The first kappa shape index (κ1) is 15.5. The van der Waals surface area contributed by atoms with Crippen LogP contribution in [0.15, 0.2) is 12.3 Å². The number of rotatable bonds is 7. The second-order valence-electron chi connectivity index (χ2n) is 5.88. The van der Waals surface area contributed by atoms with Gasteiger partial charge in [0.1, 0.15) is 0 Å². The monoisotopic (exact) mass is 340 g/mol. The molecule has 1 unspecified atom stereocenters. The van der Waals surface area contributed by atoms with Crippen molar-refractivity contribution in [2.24, 2.45) is 0 Å². The van der Waals surface area contributed by atoms with Crippen molar-refractivity contribution in [3.63, 3.8) is 0 Å². The first-order valence-electron chi connectivity index (χ1n) is 7.38. The van der Waals surface area contributed by atoms with Gasteiger partial charge in [-0.3, -0.25) is 0 Å². The molecule has 1 atom stereocenters. The maximum atomic E-state index is 5.87. The Morgan fingerprint density at radius 2 is 2.05 bits per heavy atom. The Labute approximate surface area is 128 Å². The van der Waals surface area contributed by atoms with Gasteiger partial charge in [0.15, 0.2) is 0 Å². The minimum atomic E-state index is 0.156. The quantitative estimate of drug-likeness (QED) is 0.396. The molecule has 0 spiro atoms. The molecular formula is C14H27AsN5+. The number of likely N-dealkylation sites (tertiary alicyclic amines) is 1. The van der Waals surface area contributed by atoms with Gasteiger partial charge in [-0.2, -0.15) is 0 Å². The van der Waals surface area contributed by atoms with Crippen LogP contribution in [-0.4, -0.2) is 58.4 Å². The molecule has 1 aromatic rings. The van der Waals surface area contributed by atoms with Gasteiger partial charge in [-0.25, -0.2) is 0 Å². The zero-order valence-electron chi connectivity index (χ0n) is 12.4. The van der Waals surface area contributed by atoms with Crippen LogP contribution in [0.1, 0.15) is 12.8 Å². The van der Waals surface area contributed by atoms with Crippen LogP contribution >= 0.6 is 0 Å². The fourth-order valence-electron chi connectivity index (χ4n) is 2.71. The molecule has 2 heterocycles. The van der Waals surface area contributed by atoms with Gasteiger partial charge < -0.3 is 0 Å². The molecule has 2 rings (SSSR count). The zero-order valence-corrected chi connectivity index (χ0v) is 14.5. The van der Waals surface area contributed by atoms with Crippen molar-refractivity contribution in [1.82, 2.24) is 4.98 Å². The van der Waals surface area contributed by atoms with E-state index in [1.54, 1.807) is 12.3 Å². The van der Waals surface area contributed by atoms with Crippen molar-refractivity contribution in [2.45, 2.75) is 23.3 Å². The van der Waals surface area contributed by atoms with Crippen LogP contribution < -0.4 is 16.8 Å². The van der Waals surface area contributed by atoms with Crippen LogP contribution in [0.4, 0.5) is 17.2 Å². The van der Waals surface area contributed by atoms with E-state index in [-0.39, 0.29) is 15.8 Å². The second-order valence-corrected chi connectivity index (χ2v) is 9.03. The molecule has 0 amide bonds. The van der Waals surface area contributed by atoms with Crippen LogP contribution in [0.25, 0.3) is 0 Å². The van der Waals surface area contributed by atoms with Crippen LogP contribution in [0.3, 0.4) is 0 Å². The second kappa shape index (κ2) is 7.18. The van der Waals surface area contributed by atoms with Gasteiger partial charge in [0, 0.05) is 0 Å². The molecule has 0 aromatic carbocycles. The average molecular weight is 340 g/mol. The zero-order chi connectivity index (χ0) is 14.4. The average Bonchev–Trinajstić information content (AvgIpc) is 2.83. The van der Waals surface area contributed by atoms with E-state index in [1.807, 2.05) is 0 Å². The number of hydrogen-bond acceptors (Lipinski definition) is 4. The summed E-state index contributed by atoms with van der Waals surface area (Å²) in [5.74, 6) is 0.768. The predicted molar refractivity (Wildman–Crippen MR) is 88.3 cm³/mol. The van der Waals surface area contributed by atoms with E-state index in [0.717, 1.165) is 12.4 Å².